The van der Waals surface area contributed by atoms with Gasteiger partial charge in [-0.05, 0) is 20.3 Å². The Morgan fingerprint density at radius 2 is 2.00 bits per heavy atom. The Kier molecular flexibility index (Phi) is 3.97. The summed E-state index contributed by atoms with van der Waals surface area (Å²) in [5, 5.41) is 3.39. The van der Waals surface area contributed by atoms with Crippen LogP contribution in [0.15, 0.2) is 6.07 Å². The van der Waals surface area contributed by atoms with Crippen LogP contribution in [0.2, 0.25) is 0 Å². The molecule has 4 heteroatoms. The van der Waals surface area contributed by atoms with Crippen molar-refractivity contribution in [3.8, 4) is 11.5 Å². The minimum absolute atomic E-state index is 0.339. The maximum atomic E-state index is 5.55. The molecule has 0 fully saturated rings. The molecule has 2 rings (SSSR count). The number of ether oxygens (including phenoxy) is 3. The van der Waals surface area contributed by atoms with E-state index in [1.54, 1.807) is 14.2 Å². The van der Waals surface area contributed by atoms with Crippen LogP contribution in [0.25, 0.3) is 0 Å². The van der Waals surface area contributed by atoms with Crippen LogP contribution in [0.4, 0.5) is 5.69 Å². The second-order valence-electron chi connectivity index (χ2n) is 4.72. The lowest BCUT2D eigenvalue weighted by atomic mass is 9.99. The summed E-state index contributed by atoms with van der Waals surface area (Å²) in [6.07, 6.45) is 0.872. The van der Waals surface area contributed by atoms with Gasteiger partial charge in [-0.25, -0.2) is 0 Å². The van der Waals surface area contributed by atoms with E-state index in [1.807, 2.05) is 6.07 Å². The van der Waals surface area contributed by atoms with Crippen molar-refractivity contribution in [1.29, 1.82) is 0 Å². The Morgan fingerprint density at radius 3 is 2.61 bits per heavy atom. The SMILES string of the molecule is COc1cc(NC(C)C)c(OC)c2c1CCOC2. The highest BCUT2D eigenvalue weighted by molar-refractivity contribution is 5.67. The molecule has 0 saturated heterocycles. The molecule has 0 aliphatic carbocycles. The third kappa shape index (κ3) is 2.38. The lowest BCUT2D eigenvalue weighted by molar-refractivity contribution is 0.107. The minimum atomic E-state index is 0.339. The van der Waals surface area contributed by atoms with Crippen LogP contribution in [-0.2, 0) is 17.8 Å². The zero-order valence-electron chi connectivity index (χ0n) is 11.5. The van der Waals surface area contributed by atoms with Crippen LogP contribution >= 0.6 is 0 Å². The molecule has 0 spiro atoms. The summed E-state index contributed by atoms with van der Waals surface area (Å²) in [5.41, 5.74) is 3.27. The summed E-state index contributed by atoms with van der Waals surface area (Å²) in [6, 6.07) is 2.36. The van der Waals surface area contributed by atoms with E-state index in [2.05, 4.69) is 19.2 Å². The van der Waals surface area contributed by atoms with Crippen molar-refractivity contribution >= 4 is 5.69 Å². The smallest absolute Gasteiger partial charge is 0.148 e. The average molecular weight is 251 g/mol. The Balaban J connectivity index is 2.53. The van der Waals surface area contributed by atoms with E-state index < -0.39 is 0 Å². The molecule has 1 heterocycles. The van der Waals surface area contributed by atoms with E-state index in [4.69, 9.17) is 14.2 Å². The first-order valence-electron chi connectivity index (χ1n) is 6.28. The second kappa shape index (κ2) is 5.48. The molecule has 4 nitrogen and oxygen atoms in total. The van der Waals surface area contributed by atoms with E-state index in [-0.39, 0.29) is 0 Å². The second-order valence-corrected chi connectivity index (χ2v) is 4.72. The first-order chi connectivity index (χ1) is 8.67. The molecule has 18 heavy (non-hydrogen) atoms. The van der Waals surface area contributed by atoms with Crippen LogP contribution in [0.1, 0.15) is 25.0 Å². The maximum Gasteiger partial charge on any atom is 0.148 e. The summed E-state index contributed by atoms with van der Waals surface area (Å²) < 4.78 is 16.6. The third-order valence-corrected chi connectivity index (χ3v) is 3.07. The van der Waals surface area contributed by atoms with Gasteiger partial charge in [-0.15, -0.1) is 0 Å². The molecule has 0 atom stereocenters. The van der Waals surface area contributed by atoms with Gasteiger partial charge in [-0.3, -0.25) is 0 Å². The van der Waals surface area contributed by atoms with Crippen molar-refractivity contribution in [1.82, 2.24) is 0 Å². The van der Waals surface area contributed by atoms with Gasteiger partial charge < -0.3 is 19.5 Å². The van der Waals surface area contributed by atoms with Crippen LogP contribution < -0.4 is 14.8 Å². The molecule has 0 aromatic heterocycles. The van der Waals surface area contributed by atoms with Crippen LogP contribution in [0.5, 0.6) is 11.5 Å². The molecule has 1 aromatic carbocycles. The van der Waals surface area contributed by atoms with Gasteiger partial charge in [0, 0.05) is 23.2 Å². The average Bonchev–Trinajstić information content (AvgIpc) is 2.37. The Labute approximate surface area is 108 Å². The topological polar surface area (TPSA) is 39.7 Å². The van der Waals surface area contributed by atoms with Gasteiger partial charge >= 0.3 is 0 Å². The van der Waals surface area contributed by atoms with Gasteiger partial charge in [0.2, 0.25) is 0 Å². The number of methoxy groups -OCH3 is 2. The lowest BCUT2D eigenvalue weighted by Crippen LogP contribution is -2.16. The summed E-state index contributed by atoms with van der Waals surface area (Å²) >= 11 is 0. The van der Waals surface area contributed by atoms with Crippen molar-refractivity contribution in [3.63, 3.8) is 0 Å². The third-order valence-electron chi connectivity index (χ3n) is 3.07. The highest BCUT2D eigenvalue weighted by Crippen LogP contribution is 2.40. The fourth-order valence-corrected chi connectivity index (χ4v) is 2.34. The molecule has 1 aliphatic rings. The first-order valence-corrected chi connectivity index (χ1v) is 6.28. The zero-order valence-corrected chi connectivity index (χ0v) is 11.5. The molecule has 0 amide bonds. The molecule has 0 unspecified atom stereocenters. The molecule has 1 N–H and O–H groups in total. The largest absolute Gasteiger partial charge is 0.496 e. The number of hydrogen-bond donors (Lipinski definition) is 1. The Morgan fingerprint density at radius 1 is 1.22 bits per heavy atom. The lowest BCUT2D eigenvalue weighted by Gasteiger charge is -2.25. The van der Waals surface area contributed by atoms with E-state index in [0.717, 1.165) is 35.8 Å². The highest BCUT2D eigenvalue weighted by atomic mass is 16.5. The molecular weight excluding hydrogens is 230 g/mol. The molecule has 100 valence electrons. The van der Waals surface area contributed by atoms with Gasteiger partial charge in [0.1, 0.15) is 11.5 Å². The molecule has 1 aliphatic heterocycles. The Hall–Kier alpha value is -1.42. The van der Waals surface area contributed by atoms with Gasteiger partial charge in [-0.2, -0.15) is 0 Å². The maximum absolute atomic E-state index is 5.55. The zero-order chi connectivity index (χ0) is 13.1. The molecule has 1 aromatic rings. The molecule has 0 saturated carbocycles. The predicted octanol–water partition coefficient (Wildman–Crippen LogP) is 2.60. The van der Waals surface area contributed by atoms with Crippen molar-refractivity contribution < 1.29 is 14.2 Å². The van der Waals surface area contributed by atoms with Crippen molar-refractivity contribution in [2.45, 2.75) is 32.9 Å². The summed E-state index contributed by atoms with van der Waals surface area (Å²) in [6.45, 7) is 5.52. The minimum Gasteiger partial charge on any atom is -0.496 e. The van der Waals surface area contributed by atoms with E-state index >= 15 is 0 Å². The number of anilines is 1. The number of rotatable bonds is 4. The predicted molar refractivity (Wildman–Crippen MR) is 71.7 cm³/mol. The van der Waals surface area contributed by atoms with Crippen LogP contribution in [0.3, 0.4) is 0 Å². The first kappa shape index (κ1) is 13.0. The normalized spacial score (nSPS) is 14.3. The van der Waals surface area contributed by atoms with E-state index in [0.29, 0.717) is 12.6 Å². The molecule has 0 bridgehead atoms. The number of fused-ring (bicyclic) bond motifs is 1. The van der Waals surface area contributed by atoms with Crippen molar-refractivity contribution in [2.24, 2.45) is 0 Å². The van der Waals surface area contributed by atoms with Crippen LogP contribution in [0, 0.1) is 0 Å². The number of benzene rings is 1. The Bertz CT molecular complexity index is 430. The van der Waals surface area contributed by atoms with Gasteiger partial charge in [0.25, 0.3) is 0 Å². The standard InChI is InChI=1S/C14H21NO3/c1-9(2)15-12-7-13(16-3)10-5-6-18-8-11(10)14(12)17-4/h7,9,15H,5-6,8H2,1-4H3. The fraction of sp³-hybridized carbons (Fsp3) is 0.571. The van der Waals surface area contributed by atoms with E-state index in [1.165, 1.54) is 5.56 Å². The van der Waals surface area contributed by atoms with Crippen molar-refractivity contribution in [2.75, 3.05) is 26.1 Å². The number of nitrogens with one attached hydrogen (secondary N) is 1. The van der Waals surface area contributed by atoms with Crippen molar-refractivity contribution in [3.05, 3.63) is 17.2 Å². The molecule has 0 radical (unpaired) electrons. The van der Waals surface area contributed by atoms with E-state index in [9.17, 15) is 0 Å². The van der Waals surface area contributed by atoms with Gasteiger partial charge in [0.15, 0.2) is 0 Å². The monoisotopic (exact) mass is 251 g/mol. The molecular formula is C14H21NO3. The number of hydrogen-bond acceptors (Lipinski definition) is 4. The highest BCUT2D eigenvalue weighted by Gasteiger charge is 2.22. The van der Waals surface area contributed by atoms with Gasteiger partial charge in [0.05, 0.1) is 33.1 Å². The fourth-order valence-electron chi connectivity index (χ4n) is 2.34. The summed E-state index contributed by atoms with van der Waals surface area (Å²) in [5.74, 6) is 1.79. The van der Waals surface area contributed by atoms with Gasteiger partial charge in [-0.1, -0.05) is 0 Å². The quantitative estimate of drug-likeness (QED) is 0.893. The summed E-state index contributed by atoms with van der Waals surface area (Å²) in [7, 11) is 3.40. The summed E-state index contributed by atoms with van der Waals surface area (Å²) in [4.78, 5) is 0. The van der Waals surface area contributed by atoms with Crippen LogP contribution in [-0.4, -0.2) is 26.9 Å².